The highest BCUT2D eigenvalue weighted by Crippen LogP contribution is 2.32. The molecule has 0 bridgehead atoms. The van der Waals surface area contributed by atoms with Crippen molar-refractivity contribution in [2.24, 2.45) is 0 Å². The lowest BCUT2D eigenvalue weighted by atomic mass is 10.0. The first kappa shape index (κ1) is 19.7. The molecule has 0 N–H and O–H groups in total. The van der Waals surface area contributed by atoms with Crippen molar-refractivity contribution in [3.8, 4) is 33.8 Å². The van der Waals surface area contributed by atoms with Crippen LogP contribution in [0.5, 0.6) is 0 Å². The molecule has 0 saturated heterocycles. The van der Waals surface area contributed by atoms with Gasteiger partial charge in [-0.05, 0) is 29.8 Å². The molecule has 1 heterocycles. The smallest absolute Gasteiger partial charge is 0.357 e. The molecular weight excluding hydrogens is 376 g/mol. The van der Waals surface area contributed by atoms with E-state index in [0.717, 1.165) is 28.2 Å². The van der Waals surface area contributed by atoms with Gasteiger partial charge in [0.1, 0.15) is 0 Å². The van der Waals surface area contributed by atoms with Crippen molar-refractivity contribution in [2.45, 2.75) is 0 Å². The van der Waals surface area contributed by atoms with Gasteiger partial charge in [0.25, 0.3) is 0 Å². The Morgan fingerprint density at radius 3 is 1.14 bits per heavy atom. The summed E-state index contributed by atoms with van der Waals surface area (Å²) in [6, 6.07) is 35.1. The normalized spacial score (nSPS) is 10.3. The third-order valence-corrected chi connectivity index (χ3v) is 4.02. The largest absolute Gasteiger partial charge is 0.361 e. The molecule has 0 amide bonds. The van der Waals surface area contributed by atoms with Crippen molar-refractivity contribution in [3.05, 3.63) is 103 Å². The third kappa shape index (κ3) is 5.49. The van der Waals surface area contributed by atoms with Gasteiger partial charge in [-0.15, -0.1) is 0 Å². The third-order valence-electron chi connectivity index (χ3n) is 4.02. The molecule has 5 heteroatoms. The molecule has 1 aromatic heterocycles. The first-order chi connectivity index (χ1) is 13.6. The van der Waals surface area contributed by atoms with Crippen molar-refractivity contribution in [3.63, 3.8) is 0 Å². The molecular formula is C23H17ClO4. The van der Waals surface area contributed by atoms with Crippen molar-refractivity contribution in [1.82, 2.24) is 0 Å². The van der Waals surface area contributed by atoms with Gasteiger partial charge in [-0.3, -0.25) is 0 Å². The number of halogens is 1. The molecule has 4 aromatic rings. The van der Waals surface area contributed by atoms with Crippen molar-refractivity contribution < 1.29 is 29.2 Å². The fraction of sp³-hybridized carbons (Fsp3) is 0. The van der Waals surface area contributed by atoms with E-state index in [9.17, 15) is 0 Å². The first-order valence-corrected chi connectivity index (χ1v) is 9.43. The molecule has 3 aromatic carbocycles. The van der Waals surface area contributed by atoms with Gasteiger partial charge < -0.3 is 14.0 Å². The molecule has 0 atom stereocenters. The second-order valence-electron chi connectivity index (χ2n) is 5.86. The van der Waals surface area contributed by atoms with E-state index < -0.39 is 10.8 Å². The van der Waals surface area contributed by atoms with Crippen molar-refractivity contribution in [1.29, 1.82) is 0 Å². The summed E-state index contributed by atoms with van der Waals surface area (Å²) >= 11 is 0. The second kappa shape index (κ2) is 9.78. The minimum atomic E-state index is -2.85. The second-order valence-corrected chi connectivity index (χ2v) is 6.24. The van der Waals surface area contributed by atoms with Crippen LogP contribution in [0.1, 0.15) is 0 Å². The van der Waals surface area contributed by atoms with E-state index in [-0.39, 0.29) is 0 Å². The van der Waals surface area contributed by atoms with Gasteiger partial charge in [0, 0.05) is 5.56 Å². The summed E-state index contributed by atoms with van der Waals surface area (Å²) in [6.07, 6.45) is 0. The summed E-state index contributed by atoms with van der Waals surface area (Å²) in [4.78, 5) is 0. The van der Waals surface area contributed by atoms with Gasteiger partial charge in [0.2, 0.25) is 0 Å². The van der Waals surface area contributed by atoms with E-state index in [2.05, 4.69) is 60.7 Å². The van der Waals surface area contributed by atoms with Gasteiger partial charge in [-0.1, -0.05) is 66.7 Å². The van der Waals surface area contributed by atoms with Crippen LogP contribution in [0.25, 0.3) is 33.8 Å². The van der Waals surface area contributed by atoms with Crippen LogP contribution in [-0.2, 0) is 0 Å². The standard InChI is InChI=1S/C23H17O.ClO3/c1-4-10-18(11-5-1)21-16-22(19-12-6-2-7-13-19)24-23(17-21)20-14-8-3-9-15-20;2-1(3)4/h1-17H;/q+1;-1. The lowest BCUT2D eigenvalue weighted by molar-refractivity contribution is -1.73. The topological polar surface area (TPSA) is 80.5 Å². The minimum absolute atomic E-state index is 0.871. The Kier molecular flexibility index (Phi) is 6.89. The van der Waals surface area contributed by atoms with E-state index in [0.29, 0.717) is 0 Å². The number of rotatable bonds is 3. The molecule has 0 aliphatic rings. The van der Waals surface area contributed by atoms with Gasteiger partial charge in [0.15, 0.2) is 0 Å². The van der Waals surface area contributed by atoms with E-state index in [1.54, 1.807) is 0 Å². The van der Waals surface area contributed by atoms with Gasteiger partial charge in [0.05, 0.1) is 34.0 Å². The van der Waals surface area contributed by atoms with Crippen LogP contribution < -0.4 is 14.0 Å². The lowest BCUT2D eigenvalue weighted by Gasteiger charge is -2.02. The van der Waals surface area contributed by atoms with Crippen LogP contribution in [-0.4, -0.2) is 0 Å². The number of hydrogen-bond donors (Lipinski definition) is 0. The lowest BCUT2D eigenvalue weighted by Crippen LogP contribution is -2.42. The molecule has 0 aliphatic heterocycles. The maximum atomic E-state index is 8.41. The predicted octanol–water partition coefficient (Wildman–Crippen LogP) is 2.99. The monoisotopic (exact) mass is 392 g/mol. The summed E-state index contributed by atoms with van der Waals surface area (Å²) in [7, 11) is -2.85. The Morgan fingerprint density at radius 2 is 0.786 bits per heavy atom. The summed E-state index contributed by atoms with van der Waals surface area (Å²) < 4.78 is 31.4. The Hall–Kier alpha value is -3.02. The van der Waals surface area contributed by atoms with E-state index in [1.807, 2.05) is 42.5 Å². The summed E-state index contributed by atoms with van der Waals surface area (Å²) in [5, 5.41) is 0. The SMILES string of the molecule is [O-][Cl+2]([O-])[O-].c1ccc(-c2cc(-c3ccccc3)[o+]c(-c3ccccc3)c2)cc1. The predicted molar refractivity (Wildman–Crippen MR) is 99.4 cm³/mol. The van der Waals surface area contributed by atoms with E-state index >= 15 is 0 Å². The molecule has 0 aliphatic carbocycles. The van der Waals surface area contributed by atoms with Crippen molar-refractivity contribution >= 4 is 0 Å². The zero-order valence-corrected chi connectivity index (χ0v) is 15.6. The zero-order valence-electron chi connectivity index (χ0n) is 14.8. The van der Waals surface area contributed by atoms with Crippen LogP contribution >= 0.6 is 0 Å². The summed E-state index contributed by atoms with van der Waals surface area (Å²) in [5.74, 6) is 1.74. The summed E-state index contributed by atoms with van der Waals surface area (Å²) in [6.45, 7) is 0. The minimum Gasteiger partial charge on any atom is -0.357 e. The molecule has 0 spiro atoms. The Labute approximate surface area is 166 Å². The zero-order chi connectivity index (χ0) is 19.8. The Morgan fingerprint density at radius 1 is 0.464 bits per heavy atom. The molecule has 0 fully saturated rings. The van der Waals surface area contributed by atoms with Crippen LogP contribution in [0, 0.1) is 10.8 Å². The maximum absolute atomic E-state index is 8.41. The first-order valence-electron chi connectivity index (χ1n) is 8.51. The average Bonchev–Trinajstić information content (AvgIpc) is 2.75. The fourth-order valence-corrected chi connectivity index (χ4v) is 2.79. The van der Waals surface area contributed by atoms with Gasteiger partial charge in [-0.25, -0.2) is 4.42 Å². The van der Waals surface area contributed by atoms with Crippen molar-refractivity contribution in [2.75, 3.05) is 0 Å². The highest BCUT2D eigenvalue weighted by Gasteiger charge is 2.20. The highest BCUT2D eigenvalue weighted by molar-refractivity contribution is 5.74. The average molecular weight is 393 g/mol. The van der Waals surface area contributed by atoms with E-state index in [1.165, 1.54) is 5.56 Å². The molecule has 4 rings (SSSR count). The van der Waals surface area contributed by atoms with Crippen LogP contribution in [0.4, 0.5) is 0 Å². The fourth-order valence-electron chi connectivity index (χ4n) is 2.79. The Bertz CT molecular complexity index is 848. The van der Waals surface area contributed by atoms with Gasteiger partial charge in [-0.2, -0.15) is 0 Å². The Balaban J connectivity index is 0.000000516. The molecule has 0 saturated carbocycles. The highest BCUT2D eigenvalue weighted by atomic mass is 35.6. The van der Waals surface area contributed by atoms with Crippen LogP contribution in [0.2, 0.25) is 0 Å². The molecule has 0 radical (unpaired) electrons. The molecule has 4 nitrogen and oxygen atoms in total. The number of hydrogen-bond acceptors (Lipinski definition) is 3. The van der Waals surface area contributed by atoms with E-state index in [4.69, 9.17) is 18.4 Å². The van der Waals surface area contributed by atoms with Gasteiger partial charge >= 0.3 is 11.5 Å². The summed E-state index contributed by atoms with van der Waals surface area (Å²) in [5.41, 5.74) is 4.49. The quantitative estimate of drug-likeness (QED) is 0.502. The molecule has 0 unspecified atom stereocenters. The van der Waals surface area contributed by atoms with Crippen LogP contribution in [0.15, 0.2) is 108 Å². The molecule has 28 heavy (non-hydrogen) atoms. The number of benzene rings is 3. The molecule has 140 valence electrons. The van der Waals surface area contributed by atoms with Crippen LogP contribution in [0.3, 0.4) is 0 Å². The maximum Gasteiger partial charge on any atom is 0.361 e.